The molecule has 0 spiro atoms. The summed E-state index contributed by atoms with van der Waals surface area (Å²) in [6.45, 7) is -0.249. The number of carbonyl (C=O) groups is 1. The first-order valence-electron chi connectivity index (χ1n) is 9.22. The van der Waals surface area contributed by atoms with E-state index in [4.69, 9.17) is 9.47 Å². The van der Waals surface area contributed by atoms with E-state index in [1.807, 2.05) is 11.1 Å². The Labute approximate surface area is 180 Å². The summed E-state index contributed by atoms with van der Waals surface area (Å²) in [6.07, 6.45) is 2.68. The van der Waals surface area contributed by atoms with Crippen LogP contribution in [-0.2, 0) is 4.79 Å². The van der Waals surface area contributed by atoms with E-state index < -0.39 is 21.9 Å². The van der Waals surface area contributed by atoms with Gasteiger partial charge < -0.3 is 19.8 Å². The topological polar surface area (TPSA) is 156 Å². The van der Waals surface area contributed by atoms with Crippen molar-refractivity contribution in [3.63, 3.8) is 0 Å². The van der Waals surface area contributed by atoms with Crippen LogP contribution in [0.2, 0.25) is 0 Å². The number of para-hydroxylation sites is 1. The van der Waals surface area contributed by atoms with Crippen LogP contribution in [0.4, 0.5) is 11.4 Å². The first kappa shape index (κ1) is 22.0. The standard InChI is InChI=1S/C21H18N4O7/c1-31-17-11-13(7-9-15-19(25(29)30)20(27)24-21(28)23-15)8-10-16(17)32-12-18(26)22-14-5-3-2-4-6-14/h2-11H,12H2,1H3,(H,22,26)(H2,23,24,27,28)/b9-7+. The number of methoxy groups -OCH3 is 1. The molecule has 3 rings (SSSR count). The van der Waals surface area contributed by atoms with Gasteiger partial charge in [0.15, 0.2) is 18.1 Å². The van der Waals surface area contributed by atoms with E-state index in [1.54, 1.807) is 42.5 Å². The normalized spacial score (nSPS) is 10.7. The summed E-state index contributed by atoms with van der Waals surface area (Å²) in [5, 5.41) is 13.8. The van der Waals surface area contributed by atoms with Gasteiger partial charge in [-0.1, -0.05) is 30.3 Å². The summed E-state index contributed by atoms with van der Waals surface area (Å²) in [4.78, 5) is 49.4. The maximum Gasteiger partial charge on any atom is 0.357 e. The van der Waals surface area contributed by atoms with Crippen LogP contribution in [0.1, 0.15) is 11.3 Å². The van der Waals surface area contributed by atoms with Gasteiger partial charge in [-0.2, -0.15) is 0 Å². The Bertz CT molecular complexity index is 1280. The highest BCUT2D eigenvalue weighted by Gasteiger charge is 2.18. The van der Waals surface area contributed by atoms with Gasteiger partial charge in [0.25, 0.3) is 5.91 Å². The van der Waals surface area contributed by atoms with Crippen molar-refractivity contribution in [3.8, 4) is 11.5 Å². The molecule has 11 heteroatoms. The number of benzene rings is 2. The number of aromatic amines is 2. The Morgan fingerprint density at radius 1 is 1.09 bits per heavy atom. The number of hydrogen-bond acceptors (Lipinski definition) is 7. The second-order valence-electron chi connectivity index (χ2n) is 6.37. The summed E-state index contributed by atoms with van der Waals surface area (Å²) >= 11 is 0. The maximum atomic E-state index is 12.1. The van der Waals surface area contributed by atoms with Gasteiger partial charge in [-0.3, -0.25) is 24.7 Å². The summed E-state index contributed by atoms with van der Waals surface area (Å²) in [6, 6.07) is 13.7. The molecule has 32 heavy (non-hydrogen) atoms. The lowest BCUT2D eigenvalue weighted by molar-refractivity contribution is -0.386. The van der Waals surface area contributed by atoms with Crippen LogP contribution in [0.3, 0.4) is 0 Å². The van der Waals surface area contributed by atoms with Crippen LogP contribution in [-0.4, -0.2) is 34.5 Å². The molecule has 1 heterocycles. The largest absolute Gasteiger partial charge is 0.493 e. The number of nitrogens with one attached hydrogen (secondary N) is 3. The lowest BCUT2D eigenvalue weighted by Gasteiger charge is -2.11. The van der Waals surface area contributed by atoms with Gasteiger partial charge in [-0.25, -0.2) is 4.79 Å². The Balaban J connectivity index is 1.74. The maximum absolute atomic E-state index is 12.1. The van der Waals surface area contributed by atoms with E-state index in [0.29, 0.717) is 22.7 Å². The van der Waals surface area contributed by atoms with Gasteiger partial charge in [0, 0.05) is 5.69 Å². The summed E-state index contributed by atoms with van der Waals surface area (Å²) in [7, 11) is 1.42. The van der Waals surface area contributed by atoms with Crippen molar-refractivity contribution >= 4 is 29.4 Å². The molecule has 0 radical (unpaired) electrons. The number of rotatable bonds is 8. The number of H-pyrrole nitrogens is 2. The summed E-state index contributed by atoms with van der Waals surface area (Å²) in [5.41, 5.74) is -1.82. The molecule has 0 fully saturated rings. The van der Waals surface area contributed by atoms with E-state index in [-0.39, 0.29) is 18.2 Å². The molecule has 0 saturated heterocycles. The van der Waals surface area contributed by atoms with Crippen molar-refractivity contribution in [2.75, 3.05) is 19.0 Å². The second kappa shape index (κ2) is 9.89. The number of carbonyl (C=O) groups excluding carboxylic acids is 1. The number of nitro groups is 1. The van der Waals surface area contributed by atoms with Crippen LogP contribution in [0.15, 0.2) is 58.1 Å². The van der Waals surface area contributed by atoms with Gasteiger partial charge in [0.2, 0.25) is 0 Å². The molecule has 0 unspecified atom stereocenters. The summed E-state index contributed by atoms with van der Waals surface area (Å²) < 4.78 is 10.8. The molecule has 0 saturated carbocycles. The molecule has 0 aliphatic heterocycles. The van der Waals surface area contributed by atoms with Crippen molar-refractivity contribution in [2.24, 2.45) is 0 Å². The van der Waals surface area contributed by atoms with Gasteiger partial charge in [-0.15, -0.1) is 0 Å². The van der Waals surface area contributed by atoms with Crippen LogP contribution in [0.25, 0.3) is 12.2 Å². The minimum absolute atomic E-state index is 0.249. The van der Waals surface area contributed by atoms with Crippen LogP contribution in [0.5, 0.6) is 11.5 Å². The Morgan fingerprint density at radius 2 is 1.84 bits per heavy atom. The van der Waals surface area contributed by atoms with Gasteiger partial charge in [0.05, 0.1) is 12.0 Å². The molecule has 0 aliphatic rings. The monoisotopic (exact) mass is 438 g/mol. The highest BCUT2D eigenvalue weighted by molar-refractivity contribution is 5.91. The predicted octanol–water partition coefficient (Wildman–Crippen LogP) is 2.17. The number of nitrogens with zero attached hydrogens (tertiary/aromatic N) is 1. The van der Waals surface area contributed by atoms with E-state index in [2.05, 4.69) is 10.3 Å². The van der Waals surface area contributed by atoms with Crippen LogP contribution >= 0.6 is 0 Å². The lowest BCUT2D eigenvalue weighted by atomic mass is 10.1. The fourth-order valence-corrected chi connectivity index (χ4v) is 2.75. The van der Waals surface area contributed by atoms with Gasteiger partial charge >= 0.3 is 16.9 Å². The highest BCUT2D eigenvalue weighted by atomic mass is 16.6. The third-order valence-corrected chi connectivity index (χ3v) is 4.17. The molecular formula is C21H18N4O7. The van der Waals surface area contributed by atoms with E-state index >= 15 is 0 Å². The smallest absolute Gasteiger partial charge is 0.357 e. The predicted molar refractivity (Wildman–Crippen MR) is 117 cm³/mol. The molecular weight excluding hydrogens is 420 g/mol. The second-order valence-corrected chi connectivity index (χ2v) is 6.37. The van der Waals surface area contributed by atoms with E-state index in [1.165, 1.54) is 19.3 Å². The molecule has 2 aromatic carbocycles. The first-order chi connectivity index (χ1) is 15.4. The molecule has 0 atom stereocenters. The third kappa shape index (κ3) is 5.48. The van der Waals surface area contributed by atoms with Gasteiger partial charge in [0.1, 0.15) is 5.69 Å². The number of amides is 1. The quantitative estimate of drug-likeness (QED) is 0.359. The number of ether oxygens (including phenoxy) is 2. The Morgan fingerprint density at radius 3 is 2.53 bits per heavy atom. The number of hydrogen-bond donors (Lipinski definition) is 3. The minimum Gasteiger partial charge on any atom is -0.493 e. The number of anilines is 1. The molecule has 0 aliphatic carbocycles. The highest BCUT2D eigenvalue weighted by Crippen LogP contribution is 2.29. The van der Waals surface area contributed by atoms with Crippen molar-refractivity contribution in [3.05, 3.63) is 90.7 Å². The lowest BCUT2D eigenvalue weighted by Crippen LogP contribution is -2.25. The van der Waals surface area contributed by atoms with Crippen LogP contribution < -0.4 is 26.0 Å². The third-order valence-electron chi connectivity index (χ3n) is 4.17. The zero-order valence-corrected chi connectivity index (χ0v) is 16.8. The zero-order valence-electron chi connectivity index (χ0n) is 16.8. The molecule has 1 aromatic heterocycles. The Hall–Kier alpha value is -4.67. The minimum atomic E-state index is -1.10. The van der Waals surface area contributed by atoms with Crippen LogP contribution in [0, 0.1) is 10.1 Å². The van der Waals surface area contributed by atoms with E-state index in [9.17, 15) is 24.5 Å². The van der Waals surface area contributed by atoms with E-state index in [0.717, 1.165) is 0 Å². The average Bonchev–Trinajstić information content (AvgIpc) is 2.76. The number of aromatic nitrogens is 2. The molecule has 3 aromatic rings. The van der Waals surface area contributed by atoms with Gasteiger partial charge in [-0.05, 0) is 35.9 Å². The fraction of sp³-hybridized carbons (Fsp3) is 0.0952. The van der Waals surface area contributed by atoms with Crippen molar-refractivity contribution in [1.29, 1.82) is 0 Å². The molecule has 164 valence electrons. The van der Waals surface area contributed by atoms with Crippen molar-refractivity contribution in [2.45, 2.75) is 0 Å². The summed E-state index contributed by atoms with van der Waals surface area (Å²) in [5.74, 6) is 0.268. The Kier molecular flexibility index (Phi) is 6.81. The average molecular weight is 438 g/mol. The molecule has 11 nitrogen and oxygen atoms in total. The van der Waals surface area contributed by atoms with Crippen molar-refractivity contribution in [1.82, 2.24) is 9.97 Å². The fourth-order valence-electron chi connectivity index (χ4n) is 2.75. The SMILES string of the molecule is COc1cc(/C=C/c2[nH]c(=O)[nH]c(=O)c2[N+](=O)[O-])ccc1OCC(=O)Nc1ccccc1. The first-order valence-corrected chi connectivity index (χ1v) is 9.22. The molecule has 1 amide bonds. The van der Waals surface area contributed by atoms with Crippen molar-refractivity contribution < 1.29 is 19.2 Å². The molecule has 0 bridgehead atoms. The molecule has 3 N–H and O–H groups in total. The zero-order chi connectivity index (χ0) is 23.1.